The van der Waals surface area contributed by atoms with Gasteiger partial charge in [0, 0.05) is 11.6 Å². The average Bonchev–Trinajstić information content (AvgIpc) is 2.35. The number of nitro groups is 1. The highest BCUT2D eigenvalue weighted by atomic mass is 32.2. The maximum Gasteiger partial charge on any atom is 0.422 e. The molecular formula is C13H15F3N2O3S. The van der Waals surface area contributed by atoms with Crippen LogP contribution in [0, 0.1) is 10.1 Å². The summed E-state index contributed by atoms with van der Waals surface area (Å²) in [4.78, 5) is 9.73. The van der Waals surface area contributed by atoms with Crippen LogP contribution in [0.5, 0.6) is 0 Å². The van der Waals surface area contributed by atoms with Crippen molar-refractivity contribution >= 4 is 22.8 Å². The number of nitrogens with zero attached hydrogens (tertiary/aromatic N) is 2. The molecule has 0 saturated heterocycles. The topological polar surface area (TPSA) is 78.6 Å². The third kappa shape index (κ3) is 4.44. The van der Waals surface area contributed by atoms with Gasteiger partial charge in [0.1, 0.15) is 21.7 Å². The van der Waals surface area contributed by atoms with E-state index in [1.807, 2.05) is 0 Å². The minimum Gasteiger partial charge on any atom is -0.591 e. The van der Waals surface area contributed by atoms with Crippen molar-refractivity contribution in [1.82, 2.24) is 0 Å². The third-order valence-corrected chi connectivity index (χ3v) is 4.15. The maximum absolute atomic E-state index is 12.7. The van der Waals surface area contributed by atoms with Crippen LogP contribution in [-0.2, 0) is 17.5 Å². The molecule has 0 bridgehead atoms. The van der Waals surface area contributed by atoms with Gasteiger partial charge in [0.05, 0.1) is 10.6 Å². The monoisotopic (exact) mass is 336 g/mol. The van der Waals surface area contributed by atoms with Gasteiger partial charge in [0.2, 0.25) is 0 Å². The van der Waals surface area contributed by atoms with Gasteiger partial charge in [-0.1, -0.05) is 10.5 Å². The Labute approximate surface area is 128 Å². The van der Waals surface area contributed by atoms with E-state index in [-0.39, 0.29) is 11.3 Å². The molecule has 0 heterocycles. The molecule has 0 radical (unpaired) electrons. The van der Waals surface area contributed by atoms with Gasteiger partial charge in [0.25, 0.3) is 5.69 Å². The van der Waals surface area contributed by atoms with Crippen LogP contribution in [0.2, 0.25) is 0 Å². The average molecular weight is 336 g/mol. The maximum atomic E-state index is 12.7. The van der Waals surface area contributed by atoms with Crippen LogP contribution in [-0.4, -0.2) is 19.9 Å². The zero-order valence-electron chi connectivity index (χ0n) is 12.4. The van der Waals surface area contributed by atoms with Gasteiger partial charge < -0.3 is 4.55 Å². The molecule has 0 spiro atoms. The van der Waals surface area contributed by atoms with Crippen molar-refractivity contribution < 1.29 is 22.6 Å². The van der Waals surface area contributed by atoms with Gasteiger partial charge in [-0.3, -0.25) is 10.1 Å². The molecule has 0 N–H and O–H groups in total. The van der Waals surface area contributed by atoms with Crippen LogP contribution < -0.4 is 0 Å². The summed E-state index contributed by atoms with van der Waals surface area (Å²) in [5.41, 5.74) is -2.09. The predicted octanol–water partition coefficient (Wildman–Crippen LogP) is 3.88. The standard InChI is InChI=1S/C13H15F3N2O3S/c1-8(17-22(21)12(2,3)4)9-5-6-10(13(14,15)16)11(7-9)18(19)20/h5-7H,1-4H3. The van der Waals surface area contributed by atoms with E-state index >= 15 is 0 Å². The fourth-order valence-electron chi connectivity index (χ4n) is 1.46. The van der Waals surface area contributed by atoms with Crippen LogP contribution in [0.15, 0.2) is 22.6 Å². The lowest BCUT2D eigenvalue weighted by Crippen LogP contribution is -2.26. The Morgan fingerprint density at radius 3 is 2.23 bits per heavy atom. The first-order valence-electron chi connectivity index (χ1n) is 6.17. The molecule has 0 amide bonds. The van der Waals surface area contributed by atoms with Crippen LogP contribution in [0.25, 0.3) is 0 Å². The fourth-order valence-corrected chi connectivity index (χ4v) is 2.09. The summed E-state index contributed by atoms with van der Waals surface area (Å²) >= 11 is -1.61. The Morgan fingerprint density at radius 2 is 1.82 bits per heavy atom. The van der Waals surface area contributed by atoms with Gasteiger partial charge in [-0.05, 0) is 33.8 Å². The number of rotatable bonds is 3. The Bertz CT molecular complexity index is 610. The number of alkyl halides is 3. The summed E-state index contributed by atoms with van der Waals surface area (Å²) in [6, 6.07) is 2.50. The van der Waals surface area contributed by atoms with E-state index in [4.69, 9.17) is 0 Å². The molecule has 1 unspecified atom stereocenters. The smallest absolute Gasteiger partial charge is 0.422 e. The Hall–Kier alpha value is -1.61. The van der Waals surface area contributed by atoms with Crippen molar-refractivity contribution in [3.8, 4) is 0 Å². The second kappa shape index (κ2) is 6.25. The summed E-state index contributed by atoms with van der Waals surface area (Å²) in [5, 5.41) is 10.8. The SMILES string of the molecule is CC(=N[S+]([O-])C(C)(C)C)c1ccc(C(F)(F)F)c([N+](=O)[O-])c1. The molecule has 0 saturated carbocycles. The van der Waals surface area contributed by atoms with Gasteiger partial charge in [-0.2, -0.15) is 13.2 Å². The molecule has 22 heavy (non-hydrogen) atoms. The highest BCUT2D eigenvalue weighted by Gasteiger charge is 2.38. The third-order valence-electron chi connectivity index (χ3n) is 2.66. The summed E-state index contributed by atoms with van der Waals surface area (Å²) in [5.74, 6) is 0. The van der Waals surface area contributed by atoms with Gasteiger partial charge in [-0.25, -0.2) is 0 Å². The minimum atomic E-state index is -4.82. The summed E-state index contributed by atoms with van der Waals surface area (Å²) in [7, 11) is 0. The molecule has 9 heteroatoms. The number of halogens is 3. The van der Waals surface area contributed by atoms with Crippen molar-refractivity contribution in [3.05, 3.63) is 39.4 Å². The molecule has 1 rings (SSSR count). The Kier molecular flexibility index (Phi) is 5.24. The summed E-state index contributed by atoms with van der Waals surface area (Å²) < 4.78 is 53.3. The summed E-state index contributed by atoms with van der Waals surface area (Å²) in [6.07, 6.45) is -4.82. The molecule has 122 valence electrons. The van der Waals surface area contributed by atoms with Crippen molar-refractivity contribution in [2.75, 3.05) is 0 Å². The molecule has 0 aliphatic rings. The Morgan fingerprint density at radius 1 is 1.27 bits per heavy atom. The van der Waals surface area contributed by atoms with E-state index < -0.39 is 38.5 Å². The first-order chi connectivity index (χ1) is 9.84. The quantitative estimate of drug-likeness (QED) is 0.363. The number of hydrogen-bond donors (Lipinski definition) is 0. The minimum absolute atomic E-state index is 0.123. The van der Waals surface area contributed by atoms with E-state index in [0.717, 1.165) is 12.1 Å². The number of nitro benzene ring substituents is 1. The highest BCUT2D eigenvalue weighted by molar-refractivity contribution is 7.91. The van der Waals surface area contributed by atoms with E-state index in [9.17, 15) is 27.8 Å². The van der Waals surface area contributed by atoms with Gasteiger partial charge in [-0.15, -0.1) is 0 Å². The number of hydrogen-bond acceptors (Lipinski definition) is 4. The van der Waals surface area contributed by atoms with E-state index in [0.29, 0.717) is 6.07 Å². The normalized spacial score (nSPS) is 14.8. The lowest BCUT2D eigenvalue weighted by molar-refractivity contribution is -0.388. The first kappa shape index (κ1) is 18.4. The molecule has 1 aromatic rings. The molecule has 0 aliphatic carbocycles. The van der Waals surface area contributed by atoms with Crippen molar-refractivity contribution in [1.29, 1.82) is 0 Å². The van der Waals surface area contributed by atoms with Crippen LogP contribution >= 0.6 is 0 Å². The van der Waals surface area contributed by atoms with E-state index in [2.05, 4.69) is 4.40 Å². The second-order valence-corrected chi connectivity index (χ2v) is 7.43. The first-order valence-corrected chi connectivity index (χ1v) is 7.28. The van der Waals surface area contributed by atoms with Crippen molar-refractivity contribution in [2.24, 2.45) is 4.40 Å². The molecule has 1 atom stereocenters. The van der Waals surface area contributed by atoms with Crippen LogP contribution in [0.3, 0.4) is 0 Å². The Balaban J connectivity index is 3.32. The van der Waals surface area contributed by atoms with Crippen LogP contribution in [0.4, 0.5) is 18.9 Å². The predicted molar refractivity (Wildman–Crippen MR) is 78.2 cm³/mol. The molecule has 0 aromatic heterocycles. The molecule has 5 nitrogen and oxygen atoms in total. The molecule has 1 aromatic carbocycles. The zero-order valence-corrected chi connectivity index (χ0v) is 13.2. The van der Waals surface area contributed by atoms with E-state index in [1.165, 1.54) is 6.92 Å². The summed E-state index contributed by atoms with van der Waals surface area (Å²) in [6.45, 7) is 6.51. The molecule has 0 aliphatic heterocycles. The van der Waals surface area contributed by atoms with Gasteiger partial charge in [0.15, 0.2) is 0 Å². The number of benzene rings is 1. The largest absolute Gasteiger partial charge is 0.591 e. The molecule has 0 fully saturated rings. The lowest BCUT2D eigenvalue weighted by Gasteiger charge is -2.18. The second-order valence-electron chi connectivity index (χ2n) is 5.53. The fraction of sp³-hybridized carbons (Fsp3) is 0.462. The van der Waals surface area contributed by atoms with E-state index in [1.54, 1.807) is 20.8 Å². The van der Waals surface area contributed by atoms with Crippen molar-refractivity contribution in [3.63, 3.8) is 0 Å². The van der Waals surface area contributed by atoms with Crippen LogP contribution in [0.1, 0.15) is 38.8 Å². The van der Waals surface area contributed by atoms with Gasteiger partial charge >= 0.3 is 6.18 Å². The molecular weight excluding hydrogens is 321 g/mol. The zero-order chi connectivity index (χ0) is 17.3. The lowest BCUT2D eigenvalue weighted by atomic mass is 10.1. The van der Waals surface area contributed by atoms with Crippen molar-refractivity contribution in [2.45, 2.75) is 38.6 Å². The highest BCUT2D eigenvalue weighted by Crippen LogP contribution is 2.36.